The Morgan fingerprint density at radius 3 is 1.01 bits per heavy atom. The van der Waals surface area contributed by atoms with E-state index in [0.29, 0.717) is 5.82 Å². The first-order valence-electron chi connectivity index (χ1n) is 40.3. The second kappa shape index (κ2) is 30.7. The van der Waals surface area contributed by atoms with Crippen LogP contribution >= 0.6 is 0 Å². The van der Waals surface area contributed by atoms with Crippen LogP contribution in [0, 0.1) is 0 Å². The van der Waals surface area contributed by atoms with E-state index in [0.717, 1.165) is 44.9 Å². The third kappa shape index (κ3) is 13.1. The Bertz CT molecular complexity index is 7500. The van der Waals surface area contributed by atoms with Crippen LogP contribution < -0.4 is 0 Å². The van der Waals surface area contributed by atoms with Crippen molar-refractivity contribution in [2.75, 3.05) is 0 Å². The maximum absolute atomic E-state index is 5.27. The maximum Gasteiger partial charge on any atom is 0.160 e. The highest BCUT2D eigenvalue weighted by atomic mass is 14.9. The van der Waals surface area contributed by atoms with Gasteiger partial charge in [0, 0.05) is 40.8 Å². The van der Waals surface area contributed by atoms with Crippen molar-refractivity contribution < 1.29 is 0 Å². The molecule has 0 amide bonds. The summed E-state index contributed by atoms with van der Waals surface area (Å²) in [6.45, 7) is 0. The number of aromatic nitrogens is 4. The van der Waals surface area contributed by atoms with Crippen molar-refractivity contribution in [3.63, 3.8) is 0 Å². The van der Waals surface area contributed by atoms with Crippen LogP contribution in [-0.2, 0) is 0 Å². The average molecular weight is 1500 g/mol. The van der Waals surface area contributed by atoms with Gasteiger partial charge < -0.3 is 0 Å². The third-order valence-corrected chi connectivity index (χ3v) is 23.3. The summed E-state index contributed by atoms with van der Waals surface area (Å²) in [7, 11) is 0. The van der Waals surface area contributed by atoms with Gasteiger partial charge in [-0.25, -0.2) is 9.97 Å². The summed E-state index contributed by atoms with van der Waals surface area (Å²) in [6.07, 6.45) is 5.55. The van der Waals surface area contributed by atoms with Crippen molar-refractivity contribution in [2.45, 2.75) is 0 Å². The first-order chi connectivity index (χ1) is 58.5. The van der Waals surface area contributed by atoms with Crippen molar-refractivity contribution in [1.82, 2.24) is 19.9 Å². The molecule has 0 atom stereocenters. The van der Waals surface area contributed by atoms with Gasteiger partial charge in [-0.05, 0) is 217 Å². The highest BCUT2D eigenvalue weighted by Gasteiger charge is 2.22. The SMILES string of the molecule is c1ccc(-c2c3ccccc3c(-c3ccc(-c4cccc5ccccc45)cc3)c3ccccc23)cc1.c1ccc(-c2ccc(-c3nc(-c4cc5ccccc5c5ccccc45)cc(-c4cc5ccccc5c5ccccc45)n3)cc2)nc1.c1cncc(-c2ccc(-c3c4ccccc4c(-c4ccc5ccccc5c4)c4ccccc34)cc2)c1. The maximum atomic E-state index is 5.27. The number of nitrogens with zero attached hydrogens (tertiary/aromatic N) is 4. The zero-order valence-electron chi connectivity index (χ0n) is 64.5. The molecule has 23 rings (SSSR count). The fourth-order valence-corrected chi connectivity index (χ4v) is 17.8. The van der Waals surface area contributed by atoms with Crippen molar-refractivity contribution in [3.05, 3.63) is 449 Å². The van der Waals surface area contributed by atoms with E-state index in [1.54, 1.807) is 0 Å². The summed E-state index contributed by atoms with van der Waals surface area (Å²) in [4.78, 5) is 19.4. The second-order valence-corrected chi connectivity index (χ2v) is 30.2. The molecule has 4 heteroatoms. The van der Waals surface area contributed by atoms with Crippen LogP contribution in [-0.4, -0.2) is 19.9 Å². The Balaban J connectivity index is 0.000000111. The highest BCUT2D eigenvalue weighted by Crippen LogP contribution is 2.48. The van der Waals surface area contributed by atoms with Gasteiger partial charge in [0.2, 0.25) is 0 Å². The number of benzene rings is 20. The molecule has 0 aliphatic heterocycles. The van der Waals surface area contributed by atoms with Crippen LogP contribution in [0.2, 0.25) is 0 Å². The number of rotatable bonds is 10. The smallest absolute Gasteiger partial charge is 0.160 e. The zero-order chi connectivity index (χ0) is 78.2. The topological polar surface area (TPSA) is 51.6 Å². The molecule has 3 heterocycles. The standard InChI is InChI=1S/C43H27N3.C36H24.C35H23N/c1-3-13-32-30(11-1)25-38(36-17-7-5-15-34(32)36)41-27-42(39-26-31-12-2-4-14-33(31)35-16-6-8-18-37(35)39)46-43(45-41)29-22-20-28(21-23-29)40-19-9-10-24-44-40;1-2-12-27(13-3-1)35-31-16-6-8-18-33(31)36(34-19-9-7-17-32(34)35)28-23-21-26(22-24-28)30-20-10-14-25-11-4-5-15-29(25)30;1-2-9-27-22-28(20-17-24(27)8-1)35-32-13-5-3-11-30(32)34(31-12-4-6-14-33(31)35)26-18-15-25(16-19-26)29-10-7-21-36-23-29/h1-27H;1-24H;1-23H. The molecule has 0 saturated carbocycles. The van der Waals surface area contributed by atoms with Gasteiger partial charge in [-0.1, -0.05) is 388 Å². The lowest BCUT2D eigenvalue weighted by Gasteiger charge is -2.18. The van der Waals surface area contributed by atoms with E-state index in [9.17, 15) is 0 Å². The van der Waals surface area contributed by atoms with Gasteiger partial charge in [0.25, 0.3) is 0 Å². The normalized spacial score (nSPS) is 11.4. The number of hydrogen-bond acceptors (Lipinski definition) is 4. The van der Waals surface area contributed by atoms with Crippen LogP contribution in [0.15, 0.2) is 449 Å². The summed E-state index contributed by atoms with van der Waals surface area (Å²) in [5.74, 6) is 0.689. The Morgan fingerprint density at radius 1 is 0.153 bits per heavy atom. The molecule has 0 fully saturated rings. The Labute approximate surface area is 684 Å². The average Bonchev–Trinajstić information content (AvgIpc) is 0.729. The minimum absolute atomic E-state index is 0.689. The van der Waals surface area contributed by atoms with Gasteiger partial charge in [0.05, 0.1) is 17.1 Å². The Kier molecular flexibility index (Phi) is 18.3. The third-order valence-electron chi connectivity index (χ3n) is 23.3. The molecule has 0 bridgehead atoms. The van der Waals surface area contributed by atoms with Gasteiger partial charge in [-0.15, -0.1) is 0 Å². The molecule has 0 unspecified atom stereocenters. The van der Waals surface area contributed by atoms with E-state index in [1.807, 2.05) is 42.9 Å². The highest BCUT2D eigenvalue weighted by molar-refractivity contribution is 6.24. The Morgan fingerprint density at radius 2 is 0.517 bits per heavy atom. The minimum atomic E-state index is 0.689. The molecular formula is C114H74N4. The molecule has 4 nitrogen and oxygen atoms in total. The van der Waals surface area contributed by atoms with Gasteiger partial charge in [-0.2, -0.15) is 0 Å². The fourth-order valence-electron chi connectivity index (χ4n) is 17.8. The molecule has 0 radical (unpaired) electrons. The molecule has 118 heavy (non-hydrogen) atoms. The van der Waals surface area contributed by atoms with Crippen LogP contribution in [0.1, 0.15) is 0 Å². The first-order valence-corrected chi connectivity index (χ1v) is 40.3. The summed E-state index contributed by atoms with van der Waals surface area (Å²) in [5, 5.41) is 25.0. The van der Waals surface area contributed by atoms with Gasteiger partial charge in [-0.3, -0.25) is 9.97 Å². The second-order valence-electron chi connectivity index (χ2n) is 30.2. The molecular weight excluding hydrogens is 1430 g/mol. The predicted octanol–water partition coefficient (Wildman–Crippen LogP) is 30.8. The van der Waals surface area contributed by atoms with E-state index in [1.165, 1.54) is 169 Å². The summed E-state index contributed by atoms with van der Waals surface area (Å²) in [6, 6.07) is 154. The molecule has 20 aromatic carbocycles. The fraction of sp³-hybridized carbons (Fsp3) is 0. The Hall–Kier alpha value is -15.6. The van der Waals surface area contributed by atoms with Crippen LogP contribution in [0.25, 0.3) is 220 Å². The summed E-state index contributed by atoms with van der Waals surface area (Å²) < 4.78 is 0. The molecule has 0 aliphatic rings. The van der Waals surface area contributed by atoms with E-state index in [2.05, 4.69) is 416 Å². The van der Waals surface area contributed by atoms with E-state index in [-0.39, 0.29) is 0 Å². The van der Waals surface area contributed by atoms with Gasteiger partial charge in [0.1, 0.15) is 0 Å². The number of pyridine rings is 2. The van der Waals surface area contributed by atoms with E-state index >= 15 is 0 Å². The molecule has 23 aromatic rings. The summed E-state index contributed by atoms with van der Waals surface area (Å²) in [5.41, 5.74) is 21.9. The van der Waals surface area contributed by atoms with E-state index in [4.69, 9.17) is 9.97 Å². The molecule has 0 aliphatic carbocycles. The van der Waals surface area contributed by atoms with Crippen LogP contribution in [0.5, 0.6) is 0 Å². The number of fused-ring (bicyclic) bond motifs is 12. The first kappa shape index (κ1) is 70.3. The zero-order valence-corrected chi connectivity index (χ0v) is 64.5. The molecule has 550 valence electrons. The van der Waals surface area contributed by atoms with Gasteiger partial charge in [0.15, 0.2) is 5.82 Å². The predicted molar refractivity (Wildman–Crippen MR) is 500 cm³/mol. The minimum Gasteiger partial charge on any atom is -0.264 e. The summed E-state index contributed by atoms with van der Waals surface area (Å²) >= 11 is 0. The lowest BCUT2D eigenvalue weighted by molar-refractivity contribution is 1.19. The van der Waals surface area contributed by atoms with Crippen molar-refractivity contribution in [2.24, 2.45) is 0 Å². The molecule has 0 saturated heterocycles. The molecule has 3 aromatic heterocycles. The van der Waals surface area contributed by atoms with E-state index < -0.39 is 0 Å². The largest absolute Gasteiger partial charge is 0.264 e. The van der Waals surface area contributed by atoms with Crippen molar-refractivity contribution in [1.29, 1.82) is 0 Å². The van der Waals surface area contributed by atoms with Crippen molar-refractivity contribution in [3.8, 4) is 112 Å². The molecule has 0 spiro atoms. The quantitative estimate of drug-likeness (QED) is 0.101. The monoisotopic (exact) mass is 1500 g/mol. The van der Waals surface area contributed by atoms with Crippen LogP contribution in [0.4, 0.5) is 0 Å². The van der Waals surface area contributed by atoms with Crippen molar-refractivity contribution >= 4 is 108 Å². The van der Waals surface area contributed by atoms with Gasteiger partial charge >= 0.3 is 0 Å². The number of hydrogen-bond donors (Lipinski definition) is 0. The molecule has 0 N–H and O–H groups in total. The lowest BCUT2D eigenvalue weighted by Crippen LogP contribution is -1.97. The van der Waals surface area contributed by atoms with Crippen LogP contribution in [0.3, 0.4) is 0 Å². The lowest BCUT2D eigenvalue weighted by atomic mass is 9.85.